The van der Waals surface area contributed by atoms with E-state index < -0.39 is 0 Å². The summed E-state index contributed by atoms with van der Waals surface area (Å²) in [7, 11) is 0. The van der Waals surface area contributed by atoms with E-state index in [9.17, 15) is 0 Å². The third-order valence-electron chi connectivity index (χ3n) is 3.61. The third-order valence-corrected chi connectivity index (χ3v) is 5.53. The summed E-state index contributed by atoms with van der Waals surface area (Å²) in [5.74, 6) is 0. The lowest BCUT2D eigenvalue weighted by atomic mass is 10.3. The highest BCUT2D eigenvalue weighted by Crippen LogP contribution is 2.31. The molecule has 1 aliphatic heterocycles. The summed E-state index contributed by atoms with van der Waals surface area (Å²) >= 11 is 3.09. The Hall–Kier alpha value is -2.62. The summed E-state index contributed by atoms with van der Waals surface area (Å²) in [4.78, 5) is 0.879. The van der Waals surface area contributed by atoms with Gasteiger partial charge >= 0.3 is 0 Å². The van der Waals surface area contributed by atoms with Gasteiger partial charge in [0, 0.05) is 0 Å². The van der Waals surface area contributed by atoms with Crippen LogP contribution in [0.2, 0.25) is 0 Å². The number of hydrogen-bond donors (Lipinski definition) is 2. The van der Waals surface area contributed by atoms with Gasteiger partial charge in [-0.1, -0.05) is 41.7 Å². The Morgan fingerprint density at radius 2 is 1.79 bits per heavy atom. The number of nitrogens with zero attached hydrogens (tertiary/aromatic N) is 5. The molecule has 7 nitrogen and oxygen atoms in total. The molecular formula is C15H11N7S2. The molecule has 1 aliphatic rings. The number of aromatic nitrogens is 3. The first-order valence-corrected chi connectivity index (χ1v) is 8.87. The number of rotatable bonds is 2. The molecule has 24 heavy (non-hydrogen) atoms. The topological polar surface area (TPSA) is 69.8 Å². The highest BCUT2D eigenvalue weighted by molar-refractivity contribution is 8.14. The molecule has 0 spiro atoms. The van der Waals surface area contributed by atoms with Crippen molar-refractivity contribution >= 4 is 49.1 Å². The van der Waals surface area contributed by atoms with Crippen molar-refractivity contribution in [3.8, 4) is 0 Å². The summed E-state index contributed by atoms with van der Waals surface area (Å²) < 4.78 is 3.25. The molecule has 0 atom stereocenters. The maximum Gasteiger partial charge on any atom is 0.217 e. The molecule has 2 aromatic carbocycles. The number of hydrazone groups is 1. The fraction of sp³-hybridized carbons (Fsp3) is 0. The molecule has 0 unspecified atom stereocenters. The molecule has 0 bridgehead atoms. The van der Waals surface area contributed by atoms with E-state index in [4.69, 9.17) is 0 Å². The van der Waals surface area contributed by atoms with Crippen LogP contribution in [-0.4, -0.2) is 19.8 Å². The number of hydrazine groups is 2. The second-order valence-corrected chi connectivity index (χ2v) is 7.00. The number of benzene rings is 2. The quantitative estimate of drug-likeness (QED) is 0.577. The van der Waals surface area contributed by atoms with Crippen molar-refractivity contribution in [1.29, 1.82) is 0 Å². The molecule has 0 radical (unpaired) electrons. The molecule has 0 saturated carbocycles. The average Bonchev–Trinajstić information content (AvgIpc) is 3.32. The molecule has 0 aliphatic carbocycles. The second-order valence-electron chi connectivity index (χ2n) is 5.06. The number of thiazole rings is 1. The van der Waals surface area contributed by atoms with Crippen LogP contribution in [0.3, 0.4) is 0 Å². The van der Waals surface area contributed by atoms with Crippen molar-refractivity contribution in [2.24, 2.45) is 5.10 Å². The predicted molar refractivity (Wildman–Crippen MR) is 96.9 cm³/mol. The standard InChI is InChI=1S/C15H11N7S2/c1-2-6-10(7-3-1)22-15(18-19-20-22)24-14-17-16-13-21(14)11-8-4-5-9-12(11)23-13/h1-9,19-20H. The number of para-hydroxylation sites is 2. The van der Waals surface area contributed by atoms with Gasteiger partial charge in [-0.05, 0) is 36.0 Å². The Labute approximate surface area is 144 Å². The van der Waals surface area contributed by atoms with Gasteiger partial charge in [0.1, 0.15) is 0 Å². The van der Waals surface area contributed by atoms with Crippen molar-refractivity contribution in [3.05, 3.63) is 54.6 Å². The first kappa shape index (κ1) is 13.8. The number of amidine groups is 1. The minimum atomic E-state index is 0.755. The largest absolute Gasteiger partial charge is 0.260 e. The summed E-state index contributed by atoms with van der Waals surface area (Å²) in [6.45, 7) is 0. The van der Waals surface area contributed by atoms with Crippen molar-refractivity contribution in [2.45, 2.75) is 5.16 Å². The lowest BCUT2D eigenvalue weighted by Crippen LogP contribution is -2.40. The van der Waals surface area contributed by atoms with Gasteiger partial charge in [-0.2, -0.15) is 0 Å². The summed E-state index contributed by atoms with van der Waals surface area (Å²) in [6.07, 6.45) is 0. The fourth-order valence-electron chi connectivity index (χ4n) is 2.54. The molecule has 2 aromatic heterocycles. The van der Waals surface area contributed by atoms with Gasteiger partial charge in [0.15, 0.2) is 0 Å². The SMILES string of the molecule is c1ccc(N2NNN=C2Sc2nnc3sc4ccccc4n23)cc1. The Morgan fingerprint density at radius 3 is 2.71 bits per heavy atom. The fourth-order valence-corrected chi connectivity index (χ4v) is 4.42. The predicted octanol–water partition coefficient (Wildman–Crippen LogP) is 2.84. The zero-order valence-electron chi connectivity index (χ0n) is 12.2. The van der Waals surface area contributed by atoms with Crippen LogP contribution < -0.4 is 16.1 Å². The van der Waals surface area contributed by atoms with Gasteiger partial charge in [-0.3, -0.25) is 4.40 Å². The van der Waals surface area contributed by atoms with Crippen LogP contribution in [0.5, 0.6) is 0 Å². The highest BCUT2D eigenvalue weighted by atomic mass is 32.2. The minimum Gasteiger partial charge on any atom is -0.260 e. The van der Waals surface area contributed by atoms with E-state index in [1.807, 2.05) is 47.5 Å². The normalized spacial score (nSPS) is 14.3. The number of nitrogens with one attached hydrogen (secondary N) is 2. The Morgan fingerprint density at radius 1 is 0.958 bits per heavy atom. The summed E-state index contributed by atoms with van der Waals surface area (Å²) in [5, 5.41) is 16.3. The van der Waals surface area contributed by atoms with Gasteiger partial charge in [-0.15, -0.1) is 20.8 Å². The smallest absolute Gasteiger partial charge is 0.217 e. The summed E-state index contributed by atoms with van der Waals surface area (Å²) in [6, 6.07) is 18.2. The van der Waals surface area contributed by atoms with Gasteiger partial charge in [-0.25, -0.2) is 10.5 Å². The van der Waals surface area contributed by atoms with E-state index in [2.05, 4.69) is 42.9 Å². The molecule has 5 rings (SSSR count). The molecule has 0 saturated heterocycles. The molecule has 0 fully saturated rings. The van der Waals surface area contributed by atoms with Crippen molar-refractivity contribution in [3.63, 3.8) is 0 Å². The van der Waals surface area contributed by atoms with Crippen molar-refractivity contribution in [2.75, 3.05) is 5.01 Å². The van der Waals surface area contributed by atoms with Crippen LogP contribution in [0, 0.1) is 0 Å². The Bertz CT molecular complexity index is 1050. The van der Waals surface area contributed by atoms with E-state index in [1.165, 1.54) is 16.5 Å². The molecule has 4 aromatic rings. The van der Waals surface area contributed by atoms with Crippen molar-refractivity contribution < 1.29 is 0 Å². The van der Waals surface area contributed by atoms with Crippen LogP contribution in [0.15, 0.2) is 64.9 Å². The van der Waals surface area contributed by atoms with Gasteiger partial charge in [0.05, 0.1) is 15.9 Å². The maximum atomic E-state index is 4.32. The average molecular weight is 353 g/mol. The number of hydrogen-bond acceptors (Lipinski definition) is 8. The second kappa shape index (κ2) is 5.48. The lowest BCUT2D eigenvalue weighted by molar-refractivity contribution is 0.623. The van der Waals surface area contributed by atoms with Crippen LogP contribution in [0.25, 0.3) is 15.2 Å². The minimum absolute atomic E-state index is 0.755. The van der Waals surface area contributed by atoms with E-state index in [1.54, 1.807) is 11.3 Å². The lowest BCUT2D eigenvalue weighted by Gasteiger charge is -2.17. The highest BCUT2D eigenvalue weighted by Gasteiger charge is 2.23. The number of anilines is 1. The first-order chi connectivity index (χ1) is 11.9. The zero-order chi connectivity index (χ0) is 15.9. The van der Waals surface area contributed by atoms with Crippen LogP contribution in [-0.2, 0) is 0 Å². The molecule has 0 amide bonds. The summed E-state index contributed by atoms with van der Waals surface area (Å²) in [5.41, 5.74) is 7.92. The first-order valence-electron chi connectivity index (χ1n) is 7.24. The van der Waals surface area contributed by atoms with E-state index >= 15 is 0 Å². The Kier molecular flexibility index (Phi) is 3.15. The van der Waals surface area contributed by atoms with E-state index in [0.717, 1.165) is 26.5 Å². The Balaban J connectivity index is 1.55. The van der Waals surface area contributed by atoms with Crippen LogP contribution in [0.1, 0.15) is 0 Å². The third kappa shape index (κ3) is 2.13. The number of thioether (sulfide) groups is 1. The van der Waals surface area contributed by atoms with Gasteiger partial charge in [0.2, 0.25) is 15.3 Å². The number of fused-ring (bicyclic) bond motifs is 3. The van der Waals surface area contributed by atoms with Crippen LogP contribution in [0.4, 0.5) is 5.69 Å². The van der Waals surface area contributed by atoms with Gasteiger partial charge < -0.3 is 0 Å². The molecule has 9 heteroatoms. The monoisotopic (exact) mass is 353 g/mol. The molecule has 118 valence electrons. The zero-order valence-corrected chi connectivity index (χ0v) is 13.9. The van der Waals surface area contributed by atoms with Crippen molar-refractivity contribution in [1.82, 2.24) is 25.7 Å². The molecule has 2 N–H and O–H groups in total. The van der Waals surface area contributed by atoms with E-state index in [0.29, 0.717) is 0 Å². The van der Waals surface area contributed by atoms with Crippen LogP contribution >= 0.6 is 23.1 Å². The maximum absolute atomic E-state index is 4.32. The molecular weight excluding hydrogens is 342 g/mol. The van der Waals surface area contributed by atoms with Gasteiger partial charge in [0.25, 0.3) is 0 Å². The van der Waals surface area contributed by atoms with E-state index in [-0.39, 0.29) is 0 Å². The molecule has 3 heterocycles.